The fraction of sp³-hybridized carbons (Fsp3) is 0.562. The molecule has 0 saturated heterocycles. The number of nitrogen functional groups attached to an aromatic ring is 1. The Morgan fingerprint density at radius 2 is 2.00 bits per heavy atom. The molecule has 3 N–H and O–H groups in total. The standard InChI is InChI=1S/C16H26ClN3O/c1-3-4-5-10-20(2)11-6-7-16(21)19-13-8-9-14(17)15(18)12-13/h8-9,12H,3-7,10-11,18H2,1-2H3,(H,19,21). The molecule has 1 aromatic rings. The molecule has 21 heavy (non-hydrogen) atoms. The number of amides is 1. The van der Waals surface area contributed by atoms with Gasteiger partial charge in [0.05, 0.1) is 10.7 Å². The molecular formula is C16H26ClN3O. The second-order valence-corrected chi connectivity index (χ2v) is 5.81. The molecule has 1 amide bonds. The highest BCUT2D eigenvalue weighted by molar-refractivity contribution is 6.33. The summed E-state index contributed by atoms with van der Waals surface area (Å²) in [6.07, 6.45) is 5.10. The lowest BCUT2D eigenvalue weighted by atomic mass is 10.2. The Morgan fingerprint density at radius 3 is 2.67 bits per heavy atom. The molecule has 1 aromatic carbocycles. The van der Waals surface area contributed by atoms with Crippen LogP contribution in [-0.2, 0) is 4.79 Å². The van der Waals surface area contributed by atoms with Crippen LogP contribution in [0.5, 0.6) is 0 Å². The third-order valence-corrected chi connectivity index (χ3v) is 3.71. The van der Waals surface area contributed by atoms with Crippen molar-refractivity contribution < 1.29 is 4.79 Å². The number of hydrogen-bond acceptors (Lipinski definition) is 3. The van der Waals surface area contributed by atoms with E-state index in [1.54, 1.807) is 18.2 Å². The SMILES string of the molecule is CCCCCN(C)CCCC(=O)Nc1ccc(Cl)c(N)c1. The van der Waals surface area contributed by atoms with Gasteiger partial charge in [0.25, 0.3) is 0 Å². The predicted molar refractivity (Wildman–Crippen MR) is 90.8 cm³/mol. The number of benzene rings is 1. The minimum Gasteiger partial charge on any atom is -0.397 e. The van der Waals surface area contributed by atoms with Crippen molar-refractivity contribution in [2.75, 3.05) is 31.2 Å². The number of hydrogen-bond donors (Lipinski definition) is 2. The molecule has 0 spiro atoms. The van der Waals surface area contributed by atoms with Crippen molar-refractivity contribution in [2.45, 2.75) is 39.0 Å². The zero-order chi connectivity index (χ0) is 15.7. The van der Waals surface area contributed by atoms with E-state index in [1.165, 1.54) is 19.3 Å². The Balaban J connectivity index is 2.23. The topological polar surface area (TPSA) is 58.4 Å². The minimum absolute atomic E-state index is 0.0127. The van der Waals surface area contributed by atoms with Gasteiger partial charge in [-0.3, -0.25) is 4.79 Å². The predicted octanol–water partition coefficient (Wildman–Crippen LogP) is 3.76. The molecule has 0 fully saturated rings. The number of nitrogens with one attached hydrogen (secondary N) is 1. The molecule has 0 saturated carbocycles. The van der Waals surface area contributed by atoms with Gasteiger partial charge in [-0.25, -0.2) is 0 Å². The van der Waals surface area contributed by atoms with Crippen molar-refractivity contribution in [2.24, 2.45) is 0 Å². The normalized spacial score (nSPS) is 10.9. The van der Waals surface area contributed by atoms with E-state index in [0.29, 0.717) is 22.8 Å². The van der Waals surface area contributed by atoms with E-state index in [0.717, 1.165) is 19.5 Å². The molecule has 118 valence electrons. The highest BCUT2D eigenvalue weighted by atomic mass is 35.5. The summed E-state index contributed by atoms with van der Waals surface area (Å²) in [6.45, 7) is 4.25. The Kier molecular flexibility index (Phi) is 8.16. The molecule has 0 bridgehead atoms. The summed E-state index contributed by atoms with van der Waals surface area (Å²) in [6, 6.07) is 5.12. The minimum atomic E-state index is 0.0127. The second kappa shape index (κ2) is 9.64. The van der Waals surface area contributed by atoms with E-state index in [1.807, 2.05) is 0 Å². The van der Waals surface area contributed by atoms with Crippen LogP contribution in [0.25, 0.3) is 0 Å². The number of carbonyl (C=O) groups is 1. The van der Waals surface area contributed by atoms with Crippen molar-refractivity contribution in [3.8, 4) is 0 Å². The van der Waals surface area contributed by atoms with Crippen LogP contribution in [0.4, 0.5) is 11.4 Å². The number of anilines is 2. The fourth-order valence-electron chi connectivity index (χ4n) is 2.10. The van der Waals surface area contributed by atoms with Crippen molar-refractivity contribution >= 4 is 28.9 Å². The average Bonchev–Trinajstić information content (AvgIpc) is 2.43. The van der Waals surface area contributed by atoms with Crippen LogP contribution in [0.15, 0.2) is 18.2 Å². The van der Waals surface area contributed by atoms with Crippen molar-refractivity contribution in [1.82, 2.24) is 4.90 Å². The maximum absolute atomic E-state index is 11.8. The maximum atomic E-state index is 11.8. The highest BCUT2D eigenvalue weighted by Gasteiger charge is 2.05. The van der Waals surface area contributed by atoms with E-state index in [9.17, 15) is 4.79 Å². The van der Waals surface area contributed by atoms with Gasteiger partial charge in [-0.1, -0.05) is 31.4 Å². The lowest BCUT2D eigenvalue weighted by Gasteiger charge is -2.16. The van der Waals surface area contributed by atoms with Gasteiger partial charge in [0.1, 0.15) is 0 Å². The van der Waals surface area contributed by atoms with E-state index in [-0.39, 0.29) is 5.91 Å². The summed E-state index contributed by atoms with van der Waals surface area (Å²) in [7, 11) is 2.10. The molecule has 0 unspecified atom stereocenters. The maximum Gasteiger partial charge on any atom is 0.224 e. The van der Waals surface area contributed by atoms with Gasteiger partial charge in [-0.2, -0.15) is 0 Å². The molecule has 0 aliphatic rings. The average molecular weight is 312 g/mol. The van der Waals surface area contributed by atoms with Crippen LogP contribution >= 0.6 is 11.6 Å². The fourth-order valence-corrected chi connectivity index (χ4v) is 2.22. The van der Waals surface area contributed by atoms with E-state index < -0.39 is 0 Å². The van der Waals surface area contributed by atoms with Crippen molar-refractivity contribution in [3.63, 3.8) is 0 Å². The third kappa shape index (κ3) is 7.34. The molecule has 0 aliphatic heterocycles. The van der Waals surface area contributed by atoms with Gasteiger partial charge in [0, 0.05) is 12.1 Å². The lowest BCUT2D eigenvalue weighted by Crippen LogP contribution is -2.22. The number of halogens is 1. The molecule has 0 aliphatic carbocycles. The first kappa shape index (κ1) is 17.8. The first-order chi connectivity index (χ1) is 10.0. The first-order valence-electron chi connectivity index (χ1n) is 7.56. The summed E-state index contributed by atoms with van der Waals surface area (Å²) in [4.78, 5) is 14.1. The van der Waals surface area contributed by atoms with Crippen LogP contribution in [0.2, 0.25) is 5.02 Å². The Morgan fingerprint density at radius 1 is 1.29 bits per heavy atom. The summed E-state index contributed by atoms with van der Waals surface area (Å²) in [5, 5.41) is 3.34. The van der Waals surface area contributed by atoms with Crippen molar-refractivity contribution in [1.29, 1.82) is 0 Å². The molecule has 0 atom stereocenters. The quantitative estimate of drug-likeness (QED) is 0.539. The first-order valence-corrected chi connectivity index (χ1v) is 7.94. The van der Waals surface area contributed by atoms with E-state index in [4.69, 9.17) is 17.3 Å². The number of nitrogens with zero attached hydrogens (tertiary/aromatic N) is 1. The zero-order valence-electron chi connectivity index (χ0n) is 13.0. The summed E-state index contributed by atoms with van der Waals surface area (Å²) >= 11 is 5.84. The van der Waals surface area contributed by atoms with Crippen LogP contribution < -0.4 is 11.1 Å². The molecule has 4 nitrogen and oxygen atoms in total. The molecular weight excluding hydrogens is 286 g/mol. The summed E-state index contributed by atoms with van der Waals surface area (Å²) in [5.41, 5.74) is 6.87. The van der Waals surface area contributed by atoms with E-state index >= 15 is 0 Å². The lowest BCUT2D eigenvalue weighted by molar-refractivity contribution is -0.116. The number of unbranched alkanes of at least 4 members (excludes halogenated alkanes) is 2. The van der Waals surface area contributed by atoms with Gasteiger partial charge in [-0.05, 0) is 51.2 Å². The molecule has 0 radical (unpaired) electrons. The number of rotatable bonds is 9. The summed E-state index contributed by atoms with van der Waals surface area (Å²) in [5.74, 6) is 0.0127. The van der Waals surface area contributed by atoms with Gasteiger partial charge in [0.15, 0.2) is 0 Å². The van der Waals surface area contributed by atoms with Crippen LogP contribution in [0.3, 0.4) is 0 Å². The zero-order valence-corrected chi connectivity index (χ0v) is 13.7. The Labute approximate surface area is 132 Å². The van der Waals surface area contributed by atoms with Crippen LogP contribution in [0.1, 0.15) is 39.0 Å². The van der Waals surface area contributed by atoms with Gasteiger partial charge >= 0.3 is 0 Å². The second-order valence-electron chi connectivity index (χ2n) is 5.40. The Bertz CT molecular complexity index is 451. The van der Waals surface area contributed by atoms with Gasteiger partial charge in [0.2, 0.25) is 5.91 Å². The molecule has 0 heterocycles. The number of carbonyl (C=O) groups excluding carboxylic acids is 1. The number of nitrogens with two attached hydrogens (primary N) is 1. The van der Waals surface area contributed by atoms with Gasteiger partial charge < -0.3 is 16.0 Å². The molecule has 0 aromatic heterocycles. The Hall–Kier alpha value is -1.26. The van der Waals surface area contributed by atoms with E-state index in [2.05, 4.69) is 24.2 Å². The van der Waals surface area contributed by atoms with Crippen LogP contribution in [0, 0.1) is 0 Å². The highest BCUT2D eigenvalue weighted by Crippen LogP contribution is 2.22. The monoisotopic (exact) mass is 311 g/mol. The van der Waals surface area contributed by atoms with Gasteiger partial charge in [-0.15, -0.1) is 0 Å². The molecule has 5 heteroatoms. The largest absolute Gasteiger partial charge is 0.397 e. The van der Waals surface area contributed by atoms with Crippen LogP contribution in [-0.4, -0.2) is 30.9 Å². The smallest absolute Gasteiger partial charge is 0.224 e. The summed E-state index contributed by atoms with van der Waals surface area (Å²) < 4.78 is 0. The van der Waals surface area contributed by atoms with Crippen molar-refractivity contribution in [3.05, 3.63) is 23.2 Å². The third-order valence-electron chi connectivity index (χ3n) is 3.37. The molecule has 1 rings (SSSR count).